The van der Waals surface area contributed by atoms with Gasteiger partial charge in [-0.1, -0.05) is 13.2 Å². The monoisotopic (exact) mass is 434 g/mol. The molecule has 0 amide bonds. The molecule has 0 aliphatic heterocycles. The molecule has 0 atom stereocenters. The molecule has 0 aromatic rings. The highest BCUT2D eigenvalue weighted by molar-refractivity contribution is 5.91. The fourth-order valence-corrected chi connectivity index (χ4v) is 1.08. The number of carbonyl (C=O) groups is 5. The van der Waals surface area contributed by atoms with Crippen LogP contribution in [-0.2, 0) is 43.2 Å². The van der Waals surface area contributed by atoms with Crippen LogP contribution < -0.4 is 0 Å². The molecule has 0 saturated carbocycles. The molecule has 0 aliphatic carbocycles. The van der Waals surface area contributed by atoms with Gasteiger partial charge in [-0.2, -0.15) is 0 Å². The summed E-state index contributed by atoms with van der Waals surface area (Å²) in [6.45, 7) is 6.20. The van der Waals surface area contributed by atoms with Gasteiger partial charge < -0.3 is 34.6 Å². The molecular weight excluding hydrogens is 416 g/mol. The van der Waals surface area contributed by atoms with E-state index in [1.54, 1.807) is 0 Å². The van der Waals surface area contributed by atoms with E-state index >= 15 is 0 Å². The maximum absolute atomic E-state index is 11.0. The largest absolute Gasteiger partial charge is 0.481 e. The van der Waals surface area contributed by atoms with Crippen LogP contribution in [0.2, 0.25) is 0 Å². The molecule has 0 unspecified atom stereocenters. The summed E-state index contributed by atoms with van der Waals surface area (Å²) in [5.41, 5.74) is -0.381. The lowest BCUT2D eigenvalue weighted by Gasteiger charge is -2.02. The average molecular weight is 434 g/mol. The van der Waals surface area contributed by atoms with Gasteiger partial charge in [-0.15, -0.1) is 0 Å². The summed E-state index contributed by atoms with van der Waals surface area (Å²) < 4.78 is 8.62. The summed E-state index contributed by atoms with van der Waals surface area (Å²) in [7, 11) is 0. The fourth-order valence-electron chi connectivity index (χ4n) is 1.08. The van der Waals surface area contributed by atoms with Crippen LogP contribution in [0, 0.1) is 0 Å². The van der Waals surface area contributed by atoms with E-state index in [0.717, 1.165) is 6.08 Å². The van der Waals surface area contributed by atoms with Crippen LogP contribution >= 0.6 is 0 Å². The van der Waals surface area contributed by atoms with E-state index in [1.165, 1.54) is 0 Å². The van der Waals surface area contributed by atoms with Crippen LogP contribution in [0.25, 0.3) is 0 Å². The predicted molar refractivity (Wildman–Crippen MR) is 91.9 cm³/mol. The van der Waals surface area contributed by atoms with Crippen molar-refractivity contribution in [1.82, 2.24) is 0 Å². The summed E-state index contributed by atoms with van der Waals surface area (Å²) in [5.74, 6) is -6.53. The molecular formula is C16H18O14. The van der Waals surface area contributed by atoms with Gasteiger partial charge in [-0.25, -0.2) is 20.1 Å². The lowest BCUT2D eigenvalue weighted by molar-refractivity contribution is -0.209. The third kappa shape index (κ3) is 16.0. The Balaban J connectivity index is 0. The smallest absolute Gasteiger partial charge is 0.335 e. The molecule has 166 valence electrons. The van der Waals surface area contributed by atoms with Gasteiger partial charge in [-0.05, 0) is 0 Å². The zero-order valence-corrected chi connectivity index (χ0v) is 15.2. The molecule has 0 fully saturated rings. The summed E-state index contributed by atoms with van der Waals surface area (Å²) in [6.07, 6.45) is 0.304. The summed E-state index contributed by atoms with van der Waals surface area (Å²) >= 11 is 0. The van der Waals surface area contributed by atoms with Crippen LogP contribution in [0.1, 0.15) is 19.3 Å². The van der Waals surface area contributed by atoms with Crippen molar-refractivity contribution in [2.45, 2.75) is 19.3 Å². The Bertz CT molecular complexity index is 730. The highest BCUT2D eigenvalue weighted by Gasteiger charge is 2.12. The van der Waals surface area contributed by atoms with E-state index < -0.39 is 54.9 Å². The van der Waals surface area contributed by atoms with E-state index in [2.05, 4.69) is 32.4 Å². The molecule has 0 aromatic heterocycles. The van der Waals surface area contributed by atoms with Crippen molar-refractivity contribution in [1.29, 1.82) is 0 Å². The van der Waals surface area contributed by atoms with Gasteiger partial charge in [0.15, 0.2) is 11.5 Å². The predicted octanol–water partition coefficient (Wildman–Crippen LogP) is 0.887. The highest BCUT2D eigenvalue weighted by Crippen LogP contribution is 2.05. The van der Waals surface area contributed by atoms with Gasteiger partial charge in [0.25, 0.3) is 0 Å². The van der Waals surface area contributed by atoms with Crippen molar-refractivity contribution in [3.05, 3.63) is 48.8 Å². The average Bonchev–Trinajstić information content (AvgIpc) is 2.67. The van der Waals surface area contributed by atoms with Crippen LogP contribution in [0.4, 0.5) is 0 Å². The number of esters is 2. The van der Waals surface area contributed by atoms with E-state index in [9.17, 15) is 24.0 Å². The van der Waals surface area contributed by atoms with E-state index in [1.807, 2.05) is 0 Å². The number of carbonyl (C=O) groups excluding carboxylic acids is 2. The molecule has 0 bridgehead atoms. The molecule has 30 heavy (non-hydrogen) atoms. The van der Waals surface area contributed by atoms with Crippen molar-refractivity contribution in [2.75, 3.05) is 0 Å². The molecule has 0 radical (unpaired) electrons. The van der Waals surface area contributed by atoms with E-state index in [4.69, 9.17) is 25.8 Å². The Morgan fingerprint density at radius 1 is 0.767 bits per heavy atom. The molecule has 5 N–H and O–H groups in total. The molecule has 14 nitrogen and oxygen atoms in total. The number of ether oxygens (including phenoxy) is 2. The minimum absolute atomic E-state index is 0.381. The Labute approximate surface area is 168 Å². The standard InChI is InChI=1S/C9H10O8.C7H8O6/c1-5(9(13)14)2-8(12)16-4-6(17-15)3-7(10)11;1-2-7(10)12-4-5(13-11)3-6(8)9/h4,15H,1-3H2,(H,10,11)(H,13,14);2,4,11H,1,3H2,(H,8,9). The van der Waals surface area contributed by atoms with Crippen LogP contribution in [-0.4, -0.2) is 55.7 Å². The molecule has 0 spiro atoms. The maximum atomic E-state index is 11.0. The van der Waals surface area contributed by atoms with Gasteiger partial charge in [-0.3, -0.25) is 14.4 Å². The number of carboxylic acids is 3. The highest BCUT2D eigenvalue weighted by atomic mass is 17.1. The van der Waals surface area contributed by atoms with E-state index in [0.29, 0.717) is 12.5 Å². The van der Waals surface area contributed by atoms with Gasteiger partial charge in [0.2, 0.25) is 0 Å². The van der Waals surface area contributed by atoms with Crippen molar-refractivity contribution < 1.29 is 69.1 Å². The van der Waals surface area contributed by atoms with Gasteiger partial charge >= 0.3 is 29.8 Å². The van der Waals surface area contributed by atoms with Crippen LogP contribution in [0.15, 0.2) is 48.8 Å². The fraction of sp³-hybridized carbons (Fsp3) is 0.188. The molecule has 0 rings (SSSR count). The van der Waals surface area contributed by atoms with Gasteiger partial charge in [0.1, 0.15) is 25.4 Å². The zero-order valence-electron chi connectivity index (χ0n) is 15.2. The first-order valence-electron chi connectivity index (χ1n) is 7.34. The molecule has 14 heteroatoms. The topological polar surface area (TPSA) is 223 Å². The Morgan fingerprint density at radius 2 is 1.20 bits per heavy atom. The SMILES string of the molecule is C=C(CC(=O)OC=C(CC(=O)O)OO)C(=O)O.C=CC(=O)OC=C(CC(=O)O)OO. The lowest BCUT2D eigenvalue weighted by atomic mass is 10.2. The van der Waals surface area contributed by atoms with Crippen LogP contribution in [0.3, 0.4) is 0 Å². The Morgan fingerprint density at radius 3 is 1.53 bits per heavy atom. The van der Waals surface area contributed by atoms with Crippen molar-refractivity contribution in [3.63, 3.8) is 0 Å². The maximum Gasteiger partial charge on any atom is 0.335 e. The summed E-state index contributed by atoms with van der Waals surface area (Å²) in [5, 5.41) is 41.3. The zero-order chi connectivity index (χ0) is 23.7. The van der Waals surface area contributed by atoms with Crippen molar-refractivity contribution >= 4 is 29.8 Å². The molecule has 0 saturated heterocycles. The molecule has 0 aliphatic rings. The Kier molecular flexibility index (Phi) is 14.8. The number of carboxylic acid groups (broad SMARTS) is 3. The second-order valence-corrected chi connectivity index (χ2v) is 4.71. The minimum Gasteiger partial charge on any atom is -0.481 e. The first-order chi connectivity index (χ1) is 14.0. The summed E-state index contributed by atoms with van der Waals surface area (Å²) in [6, 6.07) is 0. The normalized spacial score (nSPS) is 10.5. The number of aliphatic carboxylic acids is 3. The minimum atomic E-state index is -1.35. The van der Waals surface area contributed by atoms with Crippen molar-refractivity contribution in [3.8, 4) is 0 Å². The van der Waals surface area contributed by atoms with Crippen LogP contribution in [0.5, 0.6) is 0 Å². The Hall–Kier alpha value is -4.17. The second kappa shape index (κ2) is 15.8. The number of hydrogen-bond donors (Lipinski definition) is 5. The first kappa shape index (κ1) is 28.0. The quantitative estimate of drug-likeness (QED) is 0.0945. The van der Waals surface area contributed by atoms with Gasteiger partial charge in [0.05, 0.1) is 6.42 Å². The second-order valence-electron chi connectivity index (χ2n) is 4.71. The number of hydrogen-bond acceptors (Lipinski definition) is 11. The first-order valence-corrected chi connectivity index (χ1v) is 7.34. The third-order valence-electron chi connectivity index (χ3n) is 2.34. The lowest BCUT2D eigenvalue weighted by Crippen LogP contribution is -2.08. The summed E-state index contributed by atoms with van der Waals surface area (Å²) in [4.78, 5) is 59.3. The number of rotatable bonds is 12. The van der Waals surface area contributed by atoms with E-state index in [-0.39, 0.29) is 11.3 Å². The van der Waals surface area contributed by atoms with Crippen molar-refractivity contribution in [2.24, 2.45) is 0 Å². The molecule has 0 aromatic carbocycles. The third-order valence-corrected chi connectivity index (χ3v) is 2.34. The molecule has 0 heterocycles. The van der Waals surface area contributed by atoms with Gasteiger partial charge in [0, 0.05) is 11.6 Å².